The highest BCUT2D eigenvalue weighted by Gasteiger charge is 2.31. The highest BCUT2D eigenvalue weighted by Crippen LogP contribution is 2.34. The zero-order valence-corrected chi connectivity index (χ0v) is 18.2. The third-order valence-electron chi connectivity index (χ3n) is 6.62. The molecule has 168 valence electrons. The summed E-state index contributed by atoms with van der Waals surface area (Å²) in [5.41, 5.74) is 15.3. The second-order valence-electron chi connectivity index (χ2n) is 8.73. The van der Waals surface area contributed by atoms with Crippen LogP contribution in [-0.2, 0) is 17.6 Å². The summed E-state index contributed by atoms with van der Waals surface area (Å²) in [4.78, 5) is 33.6. The molecule has 0 unspecified atom stereocenters. The number of amides is 2. The van der Waals surface area contributed by atoms with E-state index in [-0.39, 0.29) is 17.7 Å². The van der Waals surface area contributed by atoms with Crippen LogP contribution in [-0.4, -0.2) is 34.0 Å². The molecule has 6 rings (SSSR count). The number of carbonyl (C=O) groups excluding carboxylic acids is 2. The van der Waals surface area contributed by atoms with E-state index in [9.17, 15) is 9.59 Å². The first-order valence-electron chi connectivity index (χ1n) is 11.2. The standard InChI is InChI=1S/C26H22N6O2/c27-23(16-9-14-5-1-2-6-15(14)10-16)26(34)30-17-11-18-22-19(13-29-32-25(18)33)24(31-21(22)12-17)20-7-3-4-8-28-20/h1-8,11-13,16,23,31H,9-10,27H2,(H,30,34)(H,32,33)/t23-/m1/s1. The van der Waals surface area contributed by atoms with Gasteiger partial charge in [-0.2, -0.15) is 5.10 Å². The van der Waals surface area contributed by atoms with E-state index in [0.717, 1.165) is 35.2 Å². The number of H-pyrrole nitrogens is 1. The van der Waals surface area contributed by atoms with Gasteiger partial charge in [0.25, 0.3) is 5.91 Å². The smallest absolute Gasteiger partial charge is 0.272 e. The van der Waals surface area contributed by atoms with Crippen molar-refractivity contribution in [3.05, 3.63) is 83.0 Å². The molecule has 2 aromatic carbocycles. The number of benzene rings is 2. The molecule has 1 atom stereocenters. The minimum atomic E-state index is -0.664. The van der Waals surface area contributed by atoms with Gasteiger partial charge >= 0.3 is 0 Å². The number of aromatic amines is 1. The molecular formula is C26H22N6O2. The van der Waals surface area contributed by atoms with Crippen LogP contribution < -0.4 is 16.5 Å². The van der Waals surface area contributed by atoms with Crippen LogP contribution >= 0.6 is 0 Å². The number of hydrogen-bond acceptors (Lipinski definition) is 5. The van der Waals surface area contributed by atoms with Gasteiger partial charge in [0.05, 0.1) is 29.2 Å². The number of anilines is 1. The van der Waals surface area contributed by atoms with Crippen LogP contribution in [0.2, 0.25) is 0 Å². The van der Waals surface area contributed by atoms with Crippen LogP contribution in [0.5, 0.6) is 0 Å². The maximum absolute atomic E-state index is 13.1. The first kappa shape index (κ1) is 20.3. The van der Waals surface area contributed by atoms with Crippen LogP contribution in [0.4, 0.5) is 5.69 Å². The largest absolute Gasteiger partial charge is 0.353 e. The Kier molecular flexibility index (Phi) is 4.74. The molecule has 1 aliphatic carbocycles. The second-order valence-corrected chi connectivity index (χ2v) is 8.73. The minimum Gasteiger partial charge on any atom is -0.353 e. The Morgan fingerprint density at radius 1 is 1.09 bits per heavy atom. The summed E-state index contributed by atoms with van der Waals surface area (Å²) in [6.45, 7) is 0. The first-order chi connectivity index (χ1) is 16.6. The van der Waals surface area contributed by atoms with Crippen molar-refractivity contribution in [3.8, 4) is 11.4 Å². The number of carbonyl (C=O) groups is 2. The van der Waals surface area contributed by atoms with E-state index in [0.29, 0.717) is 16.8 Å². The number of nitrogens with one attached hydrogen (secondary N) is 3. The monoisotopic (exact) mass is 450 g/mol. The van der Waals surface area contributed by atoms with Gasteiger partial charge in [-0.3, -0.25) is 14.6 Å². The number of hydrazone groups is 1. The summed E-state index contributed by atoms with van der Waals surface area (Å²) in [6, 6.07) is 16.6. The summed E-state index contributed by atoms with van der Waals surface area (Å²) in [6.07, 6.45) is 4.88. The van der Waals surface area contributed by atoms with E-state index in [4.69, 9.17) is 5.73 Å². The lowest BCUT2D eigenvalue weighted by atomic mass is 9.96. The van der Waals surface area contributed by atoms with Crippen molar-refractivity contribution in [2.24, 2.45) is 16.8 Å². The fraction of sp³-hybridized carbons (Fsp3) is 0.154. The Morgan fingerprint density at radius 2 is 1.85 bits per heavy atom. The highest BCUT2D eigenvalue weighted by molar-refractivity contribution is 6.18. The molecule has 3 heterocycles. The van der Waals surface area contributed by atoms with Gasteiger partial charge in [-0.1, -0.05) is 30.3 Å². The Balaban J connectivity index is 1.34. The van der Waals surface area contributed by atoms with Crippen molar-refractivity contribution in [1.29, 1.82) is 0 Å². The fourth-order valence-electron chi connectivity index (χ4n) is 4.95. The van der Waals surface area contributed by atoms with Crippen LogP contribution in [0.15, 0.2) is 65.9 Å². The quantitative estimate of drug-likeness (QED) is 0.381. The van der Waals surface area contributed by atoms with Gasteiger partial charge in [-0.05, 0) is 54.2 Å². The Hall–Kier alpha value is -4.30. The molecule has 2 aliphatic rings. The zero-order valence-electron chi connectivity index (χ0n) is 18.2. The van der Waals surface area contributed by atoms with E-state index < -0.39 is 6.04 Å². The van der Waals surface area contributed by atoms with Crippen LogP contribution in [0, 0.1) is 5.92 Å². The molecule has 8 nitrogen and oxygen atoms in total. The predicted molar refractivity (Wildman–Crippen MR) is 131 cm³/mol. The predicted octanol–water partition coefficient (Wildman–Crippen LogP) is 2.99. The Morgan fingerprint density at radius 3 is 2.59 bits per heavy atom. The molecule has 5 N–H and O–H groups in total. The number of hydrogen-bond donors (Lipinski definition) is 4. The van der Waals surface area contributed by atoms with Gasteiger partial charge in [0.2, 0.25) is 5.91 Å². The SMILES string of the molecule is N[C@@H](C(=O)Nc1cc2c3c(c(-c4ccccn4)[nH]c3c1)C=NNC2=O)C1Cc2ccccc2C1. The Labute approximate surface area is 195 Å². The van der Waals surface area contributed by atoms with E-state index in [2.05, 4.69) is 37.9 Å². The molecule has 0 bridgehead atoms. The minimum absolute atomic E-state index is 0.0345. The van der Waals surface area contributed by atoms with E-state index >= 15 is 0 Å². The lowest BCUT2D eigenvalue weighted by Crippen LogP contribution is -2.42. The van der Waals surface area contributed by atoms with Gasteiger partial charge in [-0.15, -0.1) is 0 Å². The van der Waals surface area contributed by atoms with Crippen molar-refractivity contribution >= 4 is 34.6 Å². The maximum Gasteiger partial charge on any atom is 0.272 e. The molecule has 34 heavy (non-hydrogen) atoms. The van der Waals surface area contributed by atoms with Crippen molar-refractivity contribution in [3.63, 3.8) is 0 Å². The van der Waals surface area contributed by atoms with Crippen molar-refractivity contribution < 1.29 is 9.59 Å². The number of rotatable bonds is 4. The van der Waals surface area contributed by atoms with Crippen molar-refractivity contribution in [2.75, 3.05) is 5.32 Å². The summed E-state index contributed by atoms with van der Waals surface area (Å²) in [5, 5.41) is 7.72. The first-order valence-corrected chi connectivity index (χ1v) is 11.2. The molecule has 2 amide bonds. The summed E-state index contributed by atoms with van der Waals surface area (Å²) in [5.74, 6) is -0.586. The summed E-state index contributed by atoms with van der Waals surface area (Å²) in [7, 11) is 0. The maximum atomic E-state index is 13.1. The van der Waals surface area contributed by atoms with Gasteiger partial charge in [0.15, 0.2) is 0 Å². The topological polar surface area (TPSA) is 125 Å². The number of fused-ring (bicyclic) bond motifs is 1. The number of nitrogens with two attached hydrogens (primary N) is 1. The number of pyridine rings is 1. The molecule has 1 aliphatic heterocycles. The number of aromatic nitrogens is 2. The third-order valence-corrected chi connectivity index (χ3v) is 6.62. The van der Waals surface area contributed by atoms with Gasteiger partial charge in [0, 0.05) is 28.4 Å². The van der Waals surface area contributed by atoms with Gasteiger partial charge < -0.3 is 16.0 Å². The summed E-state index contributed by atoms with van der Waals surface area (Å²) >= 11 is 0. The molecular weight excluding hydrogens is 428 g/mol. The zero-order chi connectivity index (χ0) is 23.2. The van der Waals surface area contributed by atoms with Crippen LogP contribution in [0.3, 0.4) is 0 Å². The second kappa shape index (κ2) is 7.93. The van der Waals surface area contributed by atoms with Gasteiger partial charge in [0.1, 0.15) is 0 Å². The molecule has 0 saturated carbocycles. The molecule has 8 heteroatoms. The van der Waals surface area contributed by atoms with E-state index in [1.165, 1.54) is 11.1 Å². The van der Waals surface area contributed by atoms with Crippen LogP contribution in [0.25, 0.3) is 22.3 Å². The molecule has 0 fully saturated rings. The molecule has 0 radical (unpaired) electrons. The van der Waals surface area contributed by atoms with Crippen molar-refractivity contribution in [2.45, 2.75) is 18.9 Å². The highest BCUT2D eigenvalue weighted by atomic mass is 16.2. The molecule has 4 aromatic rings. The fourth-order valence-corrected chi connectivity index (χ4v) is 4.95. The lowest BCUT2D eigenvalue weighted by molar-refractivity contribution is -0.118. The van der Waals surface area contributed by atoms with E-state index in [1.54, 1.807) is 18.5 Å². The normalized spacial score (nSPS) is 15.6. The lowest BCUT2D eigenvalue weighted by Gasteiger charge is -2.18. The third kappa shape index (κ3) is 3.36. The average Bonchev–Trinajstić information content (AvgIpc) is 3.40. The van der Waals surface area contributed by atoms with Crippen molar-refractivity contribution in [1.82, 2.24) is 15.4 Å². The van der Waals surface area contributed by atoms with E-state index in [1.807, 2.05) is 36.4 Å². The molecule has 0 saturated heterocycles. The average molecular weight is 451 g/mol. The van der Waals surface area contributed by atoms with Crippen LogP contribution in [0.1, 0.15) is 27.0 Å². The Bertz CT molecular complexity index is 1450. The number of nitrogens with zero attached hydrogens (tertiary/aromatic N) is 2. The molecule has 2 aromatic heterocycles. The summed E-state index contributed by atoms with van der Waals surface area (Å²) < 4.78 is 0. The van der Waals surface area contributed by atoms with Gasteiger partial charge in [-0.25, -0.2) is 5.43 Å². The molecule has 0 spiro atoms.